The molecule has 0 aliphatic carbocycles. The van der Waals surface area contributed by atoms with Crippen molar-refractivity contribution in [2.45, 2.75) is 51.7 Å². The molecule has 0 saturated heterocycles. The summed E-state index contributed by atoms with van der Waals surface area (Å²) in [6.45, 7) is 6.85. The van der Waals surface area contributed by atoms with Crippen LogP contribution < -0.4 is 0 Å². The van der Waals surface area contributed by atoms with E-state index in [2.05, 4.69) is 0 Å². The topological polar surface area (TPSA) is 60.7 Å². The minimum absolute atomic E-state index is 0.127. The van der Waals surface area contributed by atoms with E-state index < -0.39 is 11.2 Å². The van der Waals surface area contributed by atoms with Gasteiger partial charge in [-0.3, -0.25) is 0 Å². The maximum atomic E-state index is 9.86. The zero-order valence-corrected chi connectivity index (χ0v) is 9.04. The van der Waals surface area contributed by atoms with Crippen molar-refractivity contribution in [3.8, 4) is 0 Å². The number of aliphatic hydroxyl groups is 3. The summed E-state index contributed by atoms with van der Waals surface area (Å²) in [5.74, 6) is 0.175. The van der Waals surface area contributed by atoms with Gasteiger partial charge in [0, 0.05) is 6.61 Å². The van der Waals surface area contributed by atoms with Crippen LogP contribution in [-0.2, 0) is 0 Å². The van der Waals surface area contributed by atoms with Gasteiger partial charge in [0.15, 0.2) is 0 Å². The van der Waals surface area contributed by atoms with Crippen LogP contribution in [0.4, 0.5) is 0 Å². The Morgan fingerprint density at radius 3 is 1.92 bits per heavy atom. The van der Waals surface area contributed by atoms with Crippen molar-refractivity contribution in [2.24, 2.45) is 5.92 Å². The van der Waals surface area contributed by atoms with Crippen molar-refractivity contribution in [3.63, 3.8) is 0 Å². The number of hydrogen-bond acceptors (Lipinski definition) is 3. The first-order chi connectivity index (χ1) is 5.70. The Labute approximate surface area is 80.4 Å². The molecule has 0 bridgehead atoms. The van der Waals surface area contributed by atoms with E-state index in [0.717, 1.165) is 0 Å². The van der Waals surface area contributed by atoms with Crippen LogP contribution in [-0.4, -0.2) is 33.1 Å². The van der Waals surface area contributed by atoms with Crippen LogP contribution in [0.25, 0.3) is 0 Å². The largest absolute Gasteiger partial charge is 0.396 e. The minimum Gasteiger partial charge on any atom is -0.396 e. The summed E-state index contributed by atoms with van der Waals surface area (Å²) in [6, 6.07) is 0. The Hall–Kier alpha value is -0.120. The van der Waals surface area contributed by atoms with Crippen molar-refractivity contribution >= 4 is 0 Å². The lowest BCUT2D eigenvalue weighted by atomic mass is 9.82. The van der Waals surface area contributed by atoms with Crippen LogP contribution >= 0.6 is 0 Å². The van der Waals surface area contributed by atoms with E-state index in [9.17, 15) is 10.2 Å². The van der Waals surface area contributed by atoms with Crippen molar-refractivity contribution in [3.05, 3.63) is 0 Å². The number of rotatable bonds is 5. The molecule has 3 nitrogen and oxygen atoms in total. The van der Waals surface area contributed by atoms with Crippen molar-refractivity contribution in [2.75, 3.05) is 6.61 Å². The fourth-order valence-electron chi connectivity index (χ4n) is 0.925. The molecular formula is C10H22O3. The third-order valence-corrected chi connectivity index (χ3v) is 2.75. The van der Waals surface area contributed by atoms with Crippen LogP contribution in [0, 0.1) is 5.92 Å². The fraction of sp³-hybridized carbons (Fsp3) is 1.00. The van der Waals surface area contributed by atoms with Gasteiger partial charge in [0.2, 0.25) is 0 Å². The molecule has 0 aromatic heterocycles. The van der Waals surface area contributed by atoms with Gasteiger partial charge in [0.25, 0.3) is 0 Å². The molecule has 0 heterocycles. The molecule has 0 aromatic carbocycles. The van der Waals surface area contributed by atoms with Crippen LogP contribution in [0.2, 0.25) is 0 Å². The lowest BCUT2D eigenvalue weighted by Crippen LogP contribution is -2.47. The van der Waals surface area contributed by atoms with E-state index in [0.29, 0.717) is 12.8 Å². The van der Waals surface area contributed by atoms with Gasteiger partial charge in [-0.2, -0.15) is 0 Å². The van der Waals surface area contributed by atoms with Crippen molar-refractivity contribution < 1.29 is 15.3 Å². The summed E-state index contributed by atoms with van der Waals surface area (Å²) < 4.78 is 0. The van der Waals surface area contributed by atoms with Crippen molar-refractivity contribution in [1.29, 1.82) is 0 Å². The van der Waals surface area contributed by atoms with Gasteiger partial charge in [0.05, 0.1) is 11.2 Å². The first-order valence-corrected chi connectivity index (χ1v) is 4.76. The summed E-state index contributed by atoms with van der Waals surface area (Å²) in [4.78, 5) is 0. The lowest BCUT2D eigenvalue weighted by molar-refractivity contribution is -0.126. The summed E-state index contributed by atoms with van der Waals surface area (Å²) in [7, 11) is 0. The molecule has 0 amide bonds. The van der Waals surface area contributed by atoms with Gasteiger partial charge >= 0.3 is 0 Å². The number of aliphatic hydroxyl groups excluding tert-OH is 1. The van der Waals surface area contributed by atoms with Gasteiger partial charge in [-0.05, 0) is 39.5 Å². The van der Waals surface area contributed by atoms with Crippen LogP contribution in [0.3, 0.4) is 0 Å². The monoisotopic (exact) mass is 190 g/mol. The predicted octanol–water partition coefficient (Wildman–Crippen LogP) is 0.917. The van der Waals surface area contributed by atoms with E-state index in [4.69, 9.17) is 5.11 Å². The lowest BCUT2D eigenvalue weighted by Gasteiger charge is -2.36. The molecule has 0 radical (unpaired) electrons. The Bertz CT molecular complexity index is 147. The molecule has 0 fully saturated rings. The van der Waals surface area contributed by atoms with Crippen LogP contribution in [0.1, 0.15) is 40.5 Å². The number of hydrogen-bond donors (Lipinski definition) is 3. The second kappa shape index (κ2) is 4.40. The predicted molar refractivity (Wildman–Crippen MR) is 52.4 cm³/mol. The van der Waals surface area contributed by atoms with Crippen LogP contribution in [0.5, 0.6) is 0 Å². The molecule has 80 valence electrons. The van der Waals surface area contributed by atoms with E-state index in [-0.39, 0.29) is 12.5 Å². The standard InChI is InChI=1S/C10H22O3/c1-8(7-11)5-6-10(4,13)9(2,3)12/h8,11-13H,5-7H2,1-4H3. The van der Waals surface area contributed by atoms with E-state index in [1.165, 1.54) is 0 Å². The Balaban J connectivity index is 4.04. The SMILES string of the molecule is CC(CO)CCC(C)(O)C(C)(C)O. The first kappa shape index (κ1) is 12.9. The van der Waals surface area contributed by atoms with Crippen LogP contribution in [0.15, 0.2) is 0 Å². The average Bonchev–Trinajstić information content (AvgIpc) is 1.98. The van der Waals surface area contributed by atoms with Gasteiger partial charge in [-0.25, -0.2) is 0 Å². The molecule has 13 heavy (non-hydrogen) atoms. The molecular weight excluding hydrogens is 168 g/mol. The first-order valence-electron chi connectivity index (χ1n) is 4.76. The molecule has 2 atom stereocenters. The summed E-state index contributed by atoms with van der Waals surface area (Å²) in [6.07, 6.45) is 1.21. The second-order valence-corrected chi connectivity index (χ2v) is 4.66. The molecule has 0 aromatic rings. The molecule has 3 heteroatoms. The normalized spacial score (nSPS) is 19.6. The quantitative estimate of drug-likeness (QED) is 0.604. The zero-order valence-electron chi connectivity index (χ0n) is 9.04. The third-order valence-electron chi connectivity index (χ3n) is 2.75. The second-order valence-electron chi connectivity index (χ2n) is 4.66. The summed E-state index contributed by atoms with van der Waals surface area (Å²) in [5, 5.41) is 28.3. The molecule has 3 N–H and O–H groups in total. The maximum absolute atomic E-state index is 9.86. The average molecular weight is 190 g/mol. The van der Waals surface area contributed by atoms with Gasteiger partial charge in [-0.15, -0.1) is 0 Å². The molecule has 0 rings (SSSR count). The zero-order chi connectivity index (χ0) is 10.7. The molecule has 0 spiro atoms. The smallest absolute Gasteiger partial charge is 0.0900 e. The van der Waals surface area contributed by atoms with E-state index >= 15 is 0 Å². The van der Waals surface area contributed by atoms with Gasteiger partial charge in [0.1, 0.15) is 0 Å². The highest BCUT2D eigenvalue weighted by Crippen LogP contribution is 2.27. The highest BCUT2D eigenvalue weighted by atomic mass is 16.4. The molecule has 0 aliphatic rings. The summed E-state index contributed by atoms with van der Waals surface area (Å²) in [5.41, 5.74) is -2.18. The van der Waals surface area contributed by atoms with Gasteiger partial charge in [-0.1, -0.05) is 6.92 Å². The Morgan fingerprint density at radius 1 is 1.15 bits per heavy atom. The minimum atomic E-state index is -1.10. The fourth-order valence-corrected chi connectivity index (χ4v) is 0.925. The molecule has 0 aliphatic heterocycles. The highest BCUT2D eigenvalue weighted by Gasteiger charge is 2.37. The third kappa shape index (κ3) is 4.07. The molecule has 0 saturated carbocycles. The summed E-state index contributed by atoms with van der Waals surface area (Å²) >= 11 is 0. The Morgan fingerprint density at radius 2 is 1.62 bits per heavy atom. The van der Waals surface area contributed by atoms with Crippen molar-refractivity contribution in [1.82, 2.24) is 0 Å². The Kier molecular flexibility index (Phi) is 4.36. The highest BCUT2D eigenvalue weighted by molar-refractivity contribution is 4.89. The van der Waals surface area contributed by atoms with Gasteiger partial charge < -0.3 is 15.3 Å². The molecule has 2 unspecified atom stereocenters. The maximum Gasteiger partial charge on any atom is 0.0900 e. The van der Waals surface area contributed by atoms with E-state index in [1.54, 1.807) is 20.8 Å². The van der Waals surface area contributed by atoms with E-state index in [1.807, 2.05) is 6.92 Å².